The second-order valence-electron chi connectivity index (χ2n) is 4.80. The number of hydrogen-bond donors (Lipinski definition) is 1. The predicted octanol–water partition coefficient (Wildman–Crippen LogP) is 2.41. The Hall–Kier alpha value is -1.06. The molecule has 1 aliphatic rings. The Labute approximate surface area is 113 Å². The van der Waals surface area contributed by atoms with Crippen LogP contribution in [0.2, 0.25) is 5.02 Å². The average Bonchev–Trinajstić information content (AvgIpc) is 2.39. The van der Waals surface area contributed by atoms with Gasteiger partial charge in [-0.25, -0.2) is 0 Å². The normalized spacial score (nSPS) is 16.9. The highest BCUT2D eigenvalue weighted by Gasteiger charge is 2.23. The van der Waals surface area contributed by atoms with Crippen LogP contribution >= 0.6 is 11.6 Å². The number of rotatable bonds is 3. The van der Waals surface area contributed by atoms with Crippen molar-refractivity contribution in [3.05, 3.63) is 34.9 Å². The molecular formula is C14H19ClN2O. The maximum atomic E-state index is 12.3. The molecule has 1 aromatic rings. The molecule has 98 valence electrons. The quantitative estimate of drug-likeness (QED) is 0.911. The van der Waals surface area contributed by atoms with E-state index in [0.717, 1.165) is 32.5 Å². The van der Waals surface area contributed by atoms with Crippen LogP contribution in [0, 0.1) is 5.92 Å². The standard InChI is InChI=1S/C14H19ClN2O/c1-16-10-11-5-7-17(8-6-11)14(18)12-3-2-4-13(15)9-12/h2-4,9,11,16H,5-8,10H2,1H3. The van der Waals surface area contributed by atoms with Crippen molar-refractivity contribution < 1.29 is 4.79 Å². The summed E-state index contributed by atoms with van der Waals surface area (Å²) >= 11 is 5.91. The summed E-state index contributed by atoms with van der Waals surface area (Å²) in [6.45, 7) is 2.73. The van der Waals surface area contributed by atoms with Crippen molar-refractivity contribution in [3.63, 3.8) is 0 Å². The van der Waals surface area contributed by atoms with Gasteiger partial charge >= 0.3 is 0 Å². The minimum atomic E-state index is 0.0976. The van der Waals surface area contributed by atoms with Crippen molar-refractivity contribution in [1.82, 2.24) is 10.2 Å². The summed E-state index contributed by atoms with van der Waals surface area (Å²) in [5.41, 5.74) is 0.689. The molecule has 1 saturated heterocycles. The average molecular weight is 267 g/mol. The van der Waals surface area contributed by atoms with E-state index in [-0.39, 0.29) is 5.91 Å². The zero-order valence-corrected chi connectivity index (χ0v) is 11.4. The Bertz CT molecular complexity index is 414. The molecule has 1 aromatic carbocycles. The summed E-state index contributed by atoms with van der Waals surface area (Å²) in [7, 11) is 1.98. The maximum absolute atomic E-state index is 12.3. The molecule has 2 rings (SSSR count). The van der Waals surface area contributed by atoms with Gasteiger partial charge in [0.15, 0.2) is 0 Å². The minimum Gasteiger partial charge on any atom is -0.339 e. The molecule has 3 nitrogen and oxygen atoms in total. The van der Waals surface area contributed by atoms with Crippen LogP contribution in [0.1, 0.15) is 23.2 Å². The number of nitrogens with one attached hydrogen (secondary N) is 1. The number of piperidine rings is 1. The van der Waals surface area contributed by atoms with Crippen LogP contribution in [0.4, 0.5) is 0 Å². The van der Waals surface area contributed by atoms with Crippen molar-refractivity contribution in [2.24, 2.45) is 5.92 Å². The van der Waals surface area contributed by atoms with E-state index in [9.17, 15) is 4.79 Å². The summed E-state index contributed by atoms with van der Waals surface area (Å²) in [4.78, 5) is 14.2. The van der Waals surface area contributed by atoms with Crippen LogP contribution in [0.25, 0.3) is 0 Å². The zero-order chi connectivity index (χ0) is 13.0. The fraction of sp³-hybridized carbons (Fsp3) is 0.500. The smallest absolute Gasteiger partial charge is 0.253 e. The summed E-state index contributed by atoms with van der Waals surface area (Å²) in [6, 6.07) is 7.18. The Morgan fingerprint density at radius 2 is 2.17 bits per heavy atom. The molecule has 0 radical (unpaired) electrons. The van der Waals surface area contributed by atoms with E-state index in [2.05, 4.69) is 5.32 Å². The molecule has 1 heterocycles. The van der Waals surface area contributed by atoms with E-state index in [4.69, 9.17) is 11.6 Å². The topological polar surface area (TPSA) is 32.3 Å². The van der Waals surface area contributed by atoms with E-state index in [1.165, 1.54) is 0 Å². The van der Waals surface area contributed by atoms with Gasteiger partial charge < -0.3 is 10.2 Å². The van der Waals surface area contributed by atoms with Crippen molar-refractivity contribution in [3.8, 4) is 0 Å². The van der Waals surface area contributed by atoms with Crippen LogP contribution < -0.4 is 5.32 Å². The van der Waals surface area contributed by atoms with E-state index in [1.54, 1.807) is 12.1 Å². The predicted molar refractivity (Wildman–Crippen MR) is 74.0 cm³/mol. The van der Waals surface area contributed by atoms with Gasteiger partial charge in [0.05, 0.1) is 0 Å². The zero-order valence-electron chi connectivity index (χ0n) is 10.7. The van der Waals surface area contributed by atoms with Gasteiger partial charge in [-0.15, -0.1) is 0 Å². The lowest BCUT2D eigenvalue weighted by atomic mass is 9.96. The number of likely N-dealkylation sites (tertiary alicyclic amines) is 1. The van der Waals surface area contributed by atoms with Gasteiger partial charge in [-0.3, -0.25) is 4.79 Å². The molecule has 0 spiro atoms. The number of benzene rings is 1. The summed E-state index contributed by atoms with van der Waals surface area (Å²) < 4.78 is 0. The summed E-state index contributed by atoms with van der Waals surface area (Å²) in [5, 5.41) is 3.82. The minimum absolute atomic E-state index is 0.0976. The van der Waals surface area contributed by atoms with E-state index >= 15 is 0 Å². The van der Waals surface area contributed by atoms with Gasteiger partial charge in [-0.2, -0.15) is 0 Å². The first kappa shape index (κ1) is 13.4. The first-order valence-corrected chi connectivity index (χ1v) is 6.78. The van der Waals surface area contributed by atoms with Crippen LogP contribution in [-0.4, -0.2) is 37.5 Å². The van der Waals surface area contributed by atoms with E-state index in [1.807, 2.05) is 24.1 Å². The van der Waals surface area contributed by atoms with Gasteiger partial charge in [-0.05, 0) is 50.6 Å². The number of amides is 1. The van der Waals surface area contributed by atoms with Crippen molar-refractivity contribution in [2.45, 2.75) is 12.8 Å². The molecule has 0 aliphatic carbocycles. The molecular weight excluding hydrogens is 248 g/mol. The van der Waals surface area contributed by atoms with Gasteiger partial charge in [0, 0.05) is 23.7 Å². The fourth-order valence-corrected chi connectivity index (χ4v) is 2.62. The molecule has 0 saturated carbocycles. The van der Waals surface area contributed by atoms with Gasteiger partial charge in [0.25, 0.3) is 5.91 Å². The van der Waals surface area contributed by atoms with Crippen LogP contribution in [-0.2, 0) is 0 Å². The second-order valence-corrected chi connectivity index (χ2v) is 5.24. The molecule has 18 heavy (non-hydrogen) atoms. The van der Waals surface area contributed by atoms with Crippen LogP contribution in [0.5, 0.6) is 0 Å². The fourth-order valence-electron chi connectivity index (χ4n) is 2.43. The molecule has 0 unspecified atom stereocenters. The van der Waals surface area contributed by atoms with E-state index < -0.39 is 0 Å². The Morgan fingerprint density at radius 1 is 1.44 bits per heavy atom. The molecule has 1 N–H and O–H groups in total. The van der Waals surface area contributed by atoms with Crippen LogP contribution in [0.15, 0.2) is 24.3 Å². The Kier molecular flexibility index (Phi) is 4.61. The van der Waals surface area contributed by atoms with Gasteiger partial charge in [0.1, 0.15) is 0 Å². The number of nitrogens with zero attached hydrogens (tertiary/aromatic N) is 1. The second kappa shape index (κ2) is 6.21. The van der Waals surface area contributed by atoms with Crippen molar-refractivity contribution >= 4 is 17.5 Å². The van der Waals surface area contributed by atoms with Crippen molar-refractivity contribution in [1.29, 1.82) is 0 Å². The molecule has 4 heteroatoms. The highest BCUT2D eigenvalue weighted by atomic mass is 35.5. The monoisotopic (exact) mass is 266 g/mol. The Balaban J connectivity index is 1.95. The Morgan fingerprint density at radius 3 is 2.78 bits per heavy atom. The number of halogens is 1. The number of carbonyl (C=O) groups excluding carboxylic acids is 1. The molecule has 1 aliphatic heterocycles. The number of hydrogen-bond acceptors (Lipinski definition) is 2. The van der Waals surface area contributed by atoms with E-state index in [0.29, 0.717) is 16.5 Å². The third-order valence-corrected chi connectivity index (χ3v) is 3.70. The lowest BCUT2D eigenvalue weighted by Crippen LogP contribution is -2.40. The highest BCUT2D eigenvalue weighted by Crippen LogP contribution is 2.19. The summed E-state index contributed by atoms with van der Waals surface area (Å²) in [5.74, 6) is 0.791. The van der Waals surface area contributed by atoms with Gasteiger partial charge in [0.2, 0.25) is 0 Å². The highest BCUT2D eigenvalue weighted by molar-refractivity contribution is 6.30. The SMILES string of the molecule is CNCC1CCN(C(=O)c2cccc(Cl)c2)CC1. The molecule has 0 atom stereocenters. The largest absolute Gasteiger partial charge is 0.339 e. The maximum Gasteiger partial charge on any atom is 0.253 e. The third-order valence-electron chi connectivity index (χ3n) is 3.47. The molecule has 0 aromatic heterocycles. The number of carbonyl (C=O) groups is 1. The molecule has 0 bridgehead atoms. The summed E-state index contributed by atoms with van der Waals surface area (Å²) in [6.07, 6.45) is 2.15. The lowest BCUT2D eigenvalue weighted by Gasteiger charge is -2.32. The first-order chi connectivity index (χ1) is 8.70. The third kappa shape index (κ3) is 3.24. The molecule has 1 fully saturated rings. The van der Waals surface area contributed by atoms with Gasteiger partial charge in [-0.1, -0.05) is 17.7 Å². The molecule has 1 amide bonds. The lowest BCUT2D eigenvalue weighted by molar-refractivity contribution is 0.0691. The van der Waals surface area contributed by atoms with Crippen LogP contribution in [0.3, 0.4) is 0 Å². The van der Waals surface area contributed by atoms with Crippen molar-refractivity contribution in [2.75, 3.05) is 26.7 Å². The first-order valence-electron chi connectivity index (χ1n) is 6.40.